The first kappa shape index (κ1) is 28.8. The Hall–Kier alpha value is -3.72. The summed E-state index contributed by atoms with van der Waals surface area (Å²) in [5, 5.41) is 2.71. The average molecular weight is 540 g/mol. The summed E-state index contributed by atoms with van der Waals surface area (Å²) in [7, 11) is -4.14. The van der Waals surface area contributed by atoms with Gasteiger partial charge in [-0.15, -0.1) is 0 Å². The lowest BCUT2D eigenvalue weighted by Crippen LogP contribution is -2.51. The topological polar surface area (TPSA) is 86.8 Å². The molecule has 0 radical (unpaired) electrons. The molecule has 0 saturated carbocycles. The van der Waals surface area contributed by atoms with Crippen LogP contribution in [0.2, 0.25) is 0 Å². The molecule has 3 aromatic carbocycles. The van der Waals surface area contributed by atoms with Crippen molar-refractivity contribution < 1.29 is 22.4 Å². The zero-order valence-electron chi connectivity index (χ0n) is 22.4. The lowest BCUT2D eigenvalue weighted by Gasteiger charge is -2.32. The number of benzene rings is 3. The van der Waals surface area contributed by atoms with Crippen molar-refractivity contribution >= 4 is 27.5 Å². The highest BCUT2D eigenvalue weighted by atomic mass is 32.2. The van der Waals surface area contributed by atoms with E-state index in [0.717, 1.165) is 21.0 Å². The van der Waals surface area contributed by atoms with Crippen molar-refractivity contribution in [1.29, 1.82) is 0 Å². The fourth-order valence-electron chi connectivity index (χ4n) is 4.05. The third-order valence-electron chi connectivity index (χ3n) is 6.52. The highest BCUT2D eigenvalue weighted by Gasteiger charge is 2.33. The van der Waals surface area contributed by atoms with Crippen LogP contribution < -0.4 is 9.62 Å². The van der Waals surface area contributed by atoms with Gasteiger partial charge in [0.2, 0.25) is 11.8 Å². The summed E-state index contributed by atoms with van der Waals surface area (Å²) in [4.78, 5) is 28.0. The Morgan fingerprint density at radius 3 is 2.18 bits per heavy atom. The molecule has 0 aromatic heterocycles. The number of amides is 2. The fraction of sp³-hybridized carbons (Fsp3) is 0.310. The van der Waals surface area contributed by atoms with Crippen LogP contribution in [0.15, 0.2) is 71.6 Å². The number of hydrogen-bond donors (Lipinski definition) is 1. The van der Waals surface area contributed by atoms with Crippen molar-refractivity contribution in [2.75, 3.05) is 17.4 Å². The van der Waals surface area contributed by atoms with E-state index in [2.05, 4.69) is 5.32 Å². The van der Waals surface area contributed by atoms with Crippen LogP contribution in [0.3, 0.4) is 0 Å². The van der Waals surface area contributed by atoms with Crippen molar-refractivity contribution in [1.82, 2.24) is 10.2 Å². The monoisotopic (exact) mass is 539 g/mol. The summed E-state index contributed by atoms with van der Waals surface area (Å²) in [6, 6.07) is 16.4. The van der Waals surface area contributed by atoms with E-state index in [0.29, 0.717) is 17.8 Å². The molecule has 0 spiro atoms. The largest absolute Gasteiger partial charge is 0.355 e. The van der Waals surface area contributed by atoms with Gasteiger partial charge in [-0.3, -0.25) is 13.9 Å². The van der Waals surface area contributed by atoms with Crippen molar-refractivity contribution in [3.8, 4) is 0 Å². The Kier molecular flexibility index (Phi) is 9.27. The number of anilines is 1. The number of aryl methyl sites for hydroxylation is 2. The Bertz CT molecular complexity index is 1390. The van der Waals surface area contributed by atoms with Gasteiger partial charge < -0.3 is 10.2 Å². The number of sulfonamides is 1. The molecule has 202 valence electrons. The van der Waals surface area contributed by atoms with Gasteiger partial charge in [-0.2, -0.15) is 0 Å². The van der Waals surface area contributed by atoms with Gasteiger partial charge in [0.05, 0.1) is 10.6 Å². The van der Waals surface area contributed by atoms with E-state index in [1.807, 2.05) is 19.9 Å². The minimum atomic E-state index is -4.14. The second kappa shape index (κ2) is 12.2. The van der Waals surface area contributed by atoms with Gasteiger partial charge in [0, 0.05) is 13.1 Å². The molecule has 1 N–H and O–H groups in total. The maximum absolute atomic E-state index is 13.9. The normalized spacial score (nSPS) is 12.1. The Balaban J connectivity index is 2.07. The molecule has 0 fully saturated rings. The Morgan fingerprint density at radius 2 is 1.58 bits per heavy atom. The smallest absolute Gasteiger partial charge is 0.264 e. The number of likely N-dealkylation sites (N-methyl/N-ethyl adjacent to an activating group) is 1. The minimum Gasteiger partial charge on any atom is -0.355 e. The Labute approximate surface area is 224 Å². The van der Waals surface area contributed by atoms with Crippen molar-refractivity contribution in [3.05, 3.63) is 94.8 Å². The number of nitrogens with zero attached hydrogens (tertiary/aromatic N) is 2. The first-order valence-corrected chi connectivity index (χ1v) is 13.9. The molecule has 9 heteroatoms. The number of carbonyl (C=O) groups excluding carboxylic acids is 2. The van der Waals surface area contributed by atoms with Gasteiger partial charge in [0.25, 0.3) is 10.0 Å². The molecule has 0 bridgehead atoms. The predicted octanol–water partition coefficient (Wildman–Crippen LogP) is 4.50. The van der Waals surface area contributed by atoms with Crippen molar-refractivity contribution in [3.63, 3.8) is 0 Å². The predicted molar refractivity (Wildman–Crippen MR) is 147 cm³/mol. The first-order chi connectivity index (χ1) is 17.9. The lowest BCUT2D eigenvalue weighted by molar-refractivity contribution is -0.139. The number of halogens is 1. The number of nitrogens with one attached hydrogen (secondary N) is 1. The highest BCUT2D eigenvalue weighted by molar-refractivity contribution is 7.92. The van der Waals surface area contributed by atoms with Crippen molar-refractivity contribution in [2.45, 2.75) is 52.1 Å². The second-order valence-corrected chi connectivity index (χ2v) is 11.1. The molecule has 0 unspecified atom stereocenters. The second-order valence-electron chi connectivity index (χ2n) is 9.26. The van der Waals surface area contributed by atoms with Crippen LogP contribution in [0.5, 0.6) is 0 Å². The van der Waals surface area contributed by atoms with Crippen LogP contribution in [-0.4, -0.2) is 44.3 Å². The van der Waals surface area contributed by atoms with Crippen molar-refractivity contribution in [2.24, 2.45) is 0 Å². The summed E-state index contributed by atoms with van der Waals surface area (Å²) in [5.41, 5.74) is 3.48. The molecule has 38 heavy (non-hydrogen) atoms. The van der Waals surface area contributed by atoms with E-state index < -0.39 is 34.3 Å². The first-order valence-electron chi connectivity index (χ1n) is 12.4. The molecule has 3 rings (SSSR count). The third-order valence-corrected chi connectivity index (χ3v) is 8.29. The number of carbonyl (C=O) groups is 2. The quantitative estimate of drug-likeness (QED) is 0.411. The number of rotatable bonds is 10. The fourth-order valence-corrected chi connectivity index (χ4v) is 5.52. The van der Waals surface area contributed by atoms with E-state index >= 15 is 0 Å². The van der Waals surface area contributed by atoms with Gasteiger partial charge in [-0.25, -0.2) is 12.8 Å². The zero-order valence-corrected chi connectivity index (χ0v) is 23.2. The van der Waals surface area contributed by atoms with E-state index in [4.69, 9.17) is 0 Å². The van der Waals surface area contributed by atoms with Gasteiger partial charge in [0.15, 0.2) is 0 Å². The van der Waals surface area contributed by atoms with Gasteiger partial charge in [-0.1, -0.05) is 42.0 Å². The standard InChI is InChI=1S/C29H34FN3O4S/c1-6-31-29(35)23(5)32(18-24-12-14-25(30)15-13-24)28(34)19-33(27-9-7-8-21(3)22(27)4)38(36,37)26-16-10-20(2)11-17-26/h7-17,23H,6,18-19H2,1-5H3,(H,31,35)/t23-/m0/s1. The molecule has 0 aliphatic heterocycles. The summed E-state index contributed by atoms with van der Waals surface area (Å²) in [6.45, 7) is 8.75. The summed E-state index contributed by atoms with van der Waals surface area (Å²) >= 11 is 0. The lowest BCUT2D eigenvalue weighted by atomic mass is 10.1. The molecular weight excluding hydrogens is 505 g/mol. The molecule has 0 saturated heterocycles. The third kappa shape index (κ3) is 6.58. The molecular formula is C29H34FN3O4S. The summed E-state index contributed by atoms with van der Waals surface area (Å²) in [6.07, 6.45) is 0. The average Bonchev–Trinajstić information content (AvgIpc) is 2.88. The van der Waals surface area contributed by atoms with Crippen LogP contribution in [0, 0.1) is 26.6 Å². The van der Waals surface area contributed by atoms with Crippen LogP contribution in [0.25, 0.3) is 0 Å². The summed E-state index contributed by atoms with van der Waals surface area (Å²) in [5.74, 6) is -1.36. The minimum absolute atomic E-state index is 0.00261. The SMILES string of the molecule is CCNC(=O)[C@H](C)N(Cc1ccc(F)cc1)C(=O)CN(c1cccc(C)c1C)S(=O)(=O)c1ccc(C)cc1. The van der Waals surface area contributed by atoms with E-state index in [-0.39, 0.29) is 17.3 Å². The van der Waals surface area contributed by atoms with E-state index in [9.17, 15) is 22.4 Å². The molecule has 3 aromatic rings. The molecule has 0 aliphatic rings. The maximum Gasteiger partial charge on any atom is 0.264 e. The maximum atomic E-state index is 13.9. The molecule has 0 heterocycles. The molecule has 0 aliphatic carbocycles. The Morgan fingerprint density at radius 1 is 0.947 bits per heavy atom. The van der Waals surface area contributed by atoms with E-state index in [1.165, 1.54) is 41.3 Å². The van der Waals surface area contributed by atoms with Gasteiger partial charge >= 0.3 is 0 Å². The van der Waals surface area contributed by atoms with Crippen LogP contribution in [0.4, 0.5) is 10.1 Å². The molecule has 7 nitrogen and oxygen atoms in total. The summed E-state index contributed by atoms with van der Waals surface area (Å²) < 4.78 is 42.4. The van der Waals surface area contributed by atoms with E-state index in [1.54, 1.807) is 45.0 Å². The van der Waals surface area contributed by atoms with Crippen LogP contribution in [-0.2, 0) is 26.2 Å². The van der Waals surface area contributed by atoms with Gasteiger partial charge in [-0.05, 0) is 81.6 Å². The highest BCUT2D eigenvalue weighted by Crippen LogP contribution is 2.29. The van der Waals surface area contributed by atoms with Crippen LogP contribution in [0.1, 0.15) is 36.1 Å². The van der Waals surface area contributed by atoms with Gasteiger partial charge in [0.1, 0.15) is 18.4 Å². The number of hydrogen-bond acceptors (Lipinski definition) is 4. The zero-order chi connectivity index (χ0) is 28.0. The molecule has 2 amide bonds. The molecule has 1 atom stereocenters. The van der Waals surface area contributed by atoms with Crippen LogP contribution >= 0.6 is 0 Å².